The SMILES string of the molecule is CCc1cc2ccccc2n1CC. The lowest BCUT2D eigenvalue weighted by Crippen LogP contribution is -1.98. The van der Waals surface area contributed by atoms with Crippen molar-refractivity contribution in [2.45, 2.75) is 26.8 Å². The molecule has 0 saturated carbocycles. The van der Waals surface area contributed by atoms with Crippen LogP contribution in [0.3, 0.4) is 0 Å². The van der Waals surface area contributed by atoms with E-state index in [1.165, 1.54) is 16.6 Å². The molecule has 0 aliphatic carbocycles. The smallest absolute Gasteiger partial charge is 0.0482 e. The molecule has 0 aliphatic heterocycles. The summed E-state index contributed by atoms with van der Waals surface area (Å²) in [6.07, 6.45) is 1.11. The minimum absolute atomic E-state index is 1.07. The number of para-hydroxylation sites is 1. The Labute approximate surface area is 79.0 Å². The van der Waals surface area contributed by atoms with Crippen molar-refractivity contribution in [2.24, 2.45) is 0 Å². The molecule has 2 rings (SSSR count). The van der Waals surface area contributed by atoms with Gasteiger partial charge in [0.2, 0.25) is 0 Å². The van der Waals surface area contributed by atoms with Gasteiger partial charge in [-0.15, -0.1) is 0 Å². The molecule has 0 saturated heterocycles. The predicted octanol–water partition coefficient (Wildman–Crippen LogP) is 3.22. The zero-order chi connectivity index (χ0) is 9.26. The van der Waals surface area contributed by atoms with Gasteiger partial charge < -0.3 is 4.57 Å². The summed E-state index contributed by atoms with van der Waals surface area (Å²) < 4.78 is 2.38. The number of nitrogens with zero attached hydrogens (tertiary/aromatic N) is 1. The van der Waals surface area contributed by atoms with Gasteiger partial charge in [-0.25, -0.2) is 0 Å². The quantitative estimate of drug-likeness (QED) is 0.657. The predicted molar refractivity (Wildman–Crippen MR) is 57.0 cm³/mol. The molecule has 0 amide bonds. The van der Waals surface area contributed by atoms with Crippen molar-refractivity contribution < 1.29 is 0 Å². The first kappa shape index (κ1) is 8.36. The first-order valence-electron chi connectivity index (χ1n) is 4.94. The highest BCUT2D eigenvalue weighted by Crippen LogP contribution is 2.19. The van der Waals surface area contributed by atoms with Gasteiger partial charge in [-0.1, -0.05) is 25.1 Å². The summed E-state index contributed by atoms with van der Waals surface area (Å²) in [6, 6.07) is 10.9. The van der Waals surface area contributed by atoms with Crippen molar-refractivity contribution >= 4 is 10.9 Å². The fourth-order valence-electron chi connectivity index (χ4n) is 1.93. The van der Waals surface area contributed by atoms with Crippen molar-refractivity contribution in [2.75, 3.05) is 0 Å². The Balaban J connectivity index is 2.73. The molecule has 68 valence electrons. The Hall–Kier alpha value is -1.24. The van der Waals surface area contributed by atoms with Crippen molar-refractivity contribution in [3.8, 4) is 0 Å². The normalized spacial score (nSPS) is 10.9. The van der Waals surface area contributed by atoms with Gasteiger partial charge in [0.25, 0.3) is 0 Å². The number of fused-ring (bicyclic) bond motifs is 1. The highest BCUT2D eigenvalue weighted by atomic mass is 15.0. The van der Waals surface area contributed by atoms with Crippen molar-refractivity contribution in [3.63, 3.8) is 0 Å². The van der Waals surface area contributed by atoms with Gasteiger partial charge in [-0.3, -0.25) is 0 Å². The summed E-state index contributed by atoms with van der Waals surface area (Å²) >= 11 is 0. The zero-order valence-electron chi connectivity index (χ0n) is 8.25. The Bertz CT molecular complexity index is 412. The van der Waals surface area contributed by atoms with Gasteiger partial charge in [0, 0.05) is 17.8 Å². The molecule has 1 heterocycles. The van der Waals surface area contributed by atoms with Crippen LogP contribution in [0.4, 0.5) is 0 Å². The van der Waals surface area contributed by atoms with Gasteiger partial charge in [-0.05, 0) is 30.9 Å². The second-order valence-electron chi connectivity index (χ2n) is 3.29. The van der Waals surface area contributed by atoms with E-state index < -0.39 is 0 Å². The number of aromatic nitrogens is 1. The summed E-state index contributed by atoms with van der Waals surface area (Å²) in [6.45, 7) is 5.47. The highest BCUT2D eigenvalue weighted by Gasteiger charge is 2.03. The fraction of sp³-hybridized carbons (Fsp3) is 0.333. The standard InChI is InChI=1S/C12H15N/c1-3-11-9-10-7-5-6-8-12(10)13(11)4-2/h5-9H,3-4H2,1-2H3. The zero-order valence-corrected chi connectivity index (χ0v) is 8.25. The van der Waals surface area contributed by atoms with E-state index in [4.69, 9.17) is 0 Å². The third-order valence-corrected chi connectivity index (χ3v) is 2.57. The molecule has 2 aromatic rings. The lowest BCUT2D eigenvalue weighted by atomic mass is 10.2. The lowest BCUT2D eigenvalue weighted by molar-refractivity contribution is 0.746. The van der Waals surface area contributed by atoms with Crippen molar-refractivity contribution in [1.82, 2.24) is 4.57 Å². The summed E-state index contributed by atoms with van der Waals surface area (Å²) in [7, 11) is 0. The largest absolute Gasteiger partial charge is 0.345 e. The van der Waals surface area contributed by atoms with Crippen LogP contribution >= 0.6 is 0 Å². The van der Waals surface area contributed by atoms with Crippen LogP contribution < -0.4 is 0 Å². The molecule has 0 radical (unpaired) electrons. The van der Waals surface area contributed by atoms with E-state index in [-0.39, 0.29) is 0 Å². The molecule has 0 unspecified atom stereocenters. The lowest BCUT2D eigenvalue weighted by Gasteiger charge is -2.04. The Kier molecular flexibility index (Phi) is 2.09. The van der Waals surface area contributed by atoms with Crippen molar-refractivity contribution in [1.29, 1.82) is 0 Å². The van der Waals surface area contributed by atoms with Gasteiger partial charge in [0.1, 0.15) is 0 Å². The third-order valence-electron chi connectivity index (χ3n) is 2.57. The van der Waals surface area contributed by atoms with Gasteiger partial charge in [-0.2, -0.15) is 0 Å². The molecular weight excluding hydrogens is 158 g/mol. The average Bonchev–Trinajstić information content (AvgIpc) is 2.55. The Morgan fingerprint density at radius 3 is 2.62 bits per heavy atom. The maximum atomic E-state index is 2.38. The van der Waals surface area contributed by atoms with E-state index in [1.54, 1.807) is 0 Å². The van der Waals surface area contributed by atoms with E-state index >= 15 is 0 Å². The molecule has 0 atom stereocenters. The fourth-order valence-corrected chi connectivity index (χ4v) is 1.93. The van der Waals surface area contributed by atoms with Crippen LogP contribution in [0.25, 0.3) is 10.9 Å². The molecule has 0 spiro atoms. The van der Waals surface area contributed by atoms with Crippen LogP contribution in [0.15, 0.2) is 30.3 Å². The monoisotopic (exact) mass is 173 g/mol. The molecule has 1 heteroatoms. The van der Waals surface area contributed by atoms with Crippen molar-refractivity contribution in [3.05, 3.63) is 36.0 Å². The van der Waals surface area contributed by atoms with E-state index in [2.05, 4.69) is 48.7 Å². The molecule has 13 heavy (non-hydrogen) atoms. The highest BCUT2D eigenvalue weighted by molar-refractivity contribution is 5.81. The molecule has 0 aliphatic rings. The minimum atomic E-state index is 1.07. The van der Waals surface area contributed by atoms with Crippen LogP contribution in [0.2, 0.25) is 0 Å². The summed E-state index contributed by atoms with van der Waals surface area (Å²) in [5.41, 5.74) is 2.80. The Morgan fingerprint density at radius 1 is 1.15 bits per heavy atom. The first-order chi connectivity index (χ1) is 6.36. The van der Waals surface area contributed by atoms with Crippen LogP contribution in [0.1, 0.15) is 19.5 Å². The van der Waals surface area contributed by atoms with Crippen LogP contribution in [-0.4, -0.2) is 4.57 Å². The number of hydrogen-bond acceptors (Lipinski definition) is 0. The number of rotatable bonds is 2. The van der Waals surface area contributed by atoms with Crippen LogP contribution in [-0.2, 0) is 13.0 Å². The van der Waals surface area contributed by atoms with Gasteiger partial charge in [0.05, 0.1) is 0 Å². The molecular formula is C12H15N. The maximum absolute atomic E-state index is 2.38. The van der Waals surface area contributed by atoms with E-state index in [0.717, 1.165) is 13.0 Å². The Morgan fingerprint density at radius 2 is 1.92 bits per heavy atom. The molecule has 1 nitrogen and oxygen atoms in total. The molecule has 1 aromatic carbocycles. The van der Waals surface area contributed by atoms with Gasteiger partial charge in [0.15, 0.2) is 0 Å². The molecule has 0 bridgehead atoms. The summed E-state index contributed by atoms with van der Waals surface area (Å²) in [5.74, 6) is 0. The van der Waals surface area contributed by atoms with E-state index in [1.807, 2.05) is 0 Å². The second kappa shape index (κ2) is 3.25. The number of benzene rings is 1. The number of aryl methyl sites for hydroxylation is 2. The maximum Gasteiger partial charge on any atom is 0.0482 e. The molecule has 0 N–H and O–H groups in total. The first-order valence-corrected chi connectivity index (χ1v) is 4.94. The summed E-state index contributed by atoms with van der Waals surface area (Å²) in [4.78, 5) is 0. The second-order valence-corrected chi connectivity index (χ2v) is 3.29. The van der Waals surface area contributed by atoms with Crippen LogP contribution in [0, 0.1) is 0 Å². The van der Waals surface area contributed by atoms with Gasteiger partial charge >= 0.3 is 0 Å². The molecule has 1 aromatic heterocycles. The van der Waals surface area contributed by atoms with E-state index in [0.29, 0.717) is 0 Å². The topological polar surface area (TPSA) is 4.93 Å². The number of hydrogen-bond donors (Lipinski definition) is 0. The van der Waals surface area contributed by atoms with E-state index in [9.17, 15) is 0 Å². The van der Waals surface area contributed by atoms with Crippen LogP contribution in [0.5, 0.6) is 0 Å². The average molecular weight is 173 g/mol. The third kappa shape index (κ3) is 1.24. The minimum Gasteiger partial charge on any atom is -0.345 e. The molecule has 0 fully saturated rings. The summed E-state index contributed by atoms with van der Waals surface area (Å²) in [5, 5.41) is 1.36.